The molecule has 0 bridgehead atoms. The highest BCUT2D eigenvalue weighted by Crippen LogP contribution is 2.11. The molecule has 0 saturated carbocycles. The normalized spacial score (nSPS) is 16.8. The number of rotatable bonds is 7. The summed E-state index contributed by atoms with van der Waals surface area (Å²) in [6.45, 7) is 8.95. The summed E-state index contributed by atoms with van der Waals surface area (Å²) in [6.07, 6.45) is 4.00. The Labute approximate surface area is 168 Å². The first kappa shape index (κ1) is 20.3. The maximum absolute atomic E-state index is 4.77. The summed E-state index contributed by atoms with van der Waals surface area (Å²) in [6, 6.07) is 10.6. The molecule has 2 N–H and O–H groups in total. The Morgan fingerprint density at radius 3 is 2.57 bits per heavy atom. The minimum Gasteiger partial charge on any atom is -0.355 e. The van der Waals surface area contributed by atoms with Gasteiger partial charge in [-0.2, -0.15) is 0 Å². The number of hydrogen-bond acceptors (Lipinski definition) is 4. The van der Waals surface area contributed by atoms with Crippen LogP contribution in [0.4, 0.5) is 0 Å². The van der Waals surface area contributed by atoms with E-state index in [2.05, 4.69) is 56.9 Å². The van der Waals surface area contributed by atoms with Gasteiger partial charge < -0.3 is 20.1 Å². The fraction of sp³-hybridized carbons (Fsp3) is 0.571. The number of aryl methyl sites for hydroxylation is 1. The molecule has 3 rings (SSSR count). The Morgan fingerprint density at radius 2 is 1.89 bits per heavy atom. The molecular formula is C21H33N7. The topological polar surface area (TPSA) is 70.4 Å². The highest BCUT2D eigenvalue weighted by atomic mass is 15.3. The van der Waals surface area contributed by atoms with Crippen molar-refractivity contribution in [3.05, 3.63) is 47.5 Å². The van der Waals surface area contributed by atoms with Crippen LogP contribution in [0.3, 0.4) is 0 Å². The van der Waals surface area contributed by atoms with Gasteiger partial charge in [0.15, 0.2) is 11.8 Å². The van der Waals surface area contributed by atoms with E-state index in [9.17, 15) is 0 Å². The van der Waals surface area contributed by atoms with Crippen LogP contribution in [0.25, 0.3) is 0 Å². The van der Waals surface area contributed by atoms with Crippen LogP contribution in [0.5, 0.6) is 0 Å². The molecule has 7 nitrogen and oxygen atoms in total. The zero-order valence-corrected chi connectivity index (χ0v) is 17.4. The predicted octanol–water partition coefficient (Wildman–Crippen LogP) is 2.41. The maximum atomic E-state index is 4.77. The number of aromatic nitrogens is 3. The van der Waals surface area contributed by atoms with E-state index in [1.54, 1.807) is 0 Å². The van der Waals surface area contributed by atoms with Gasteiger partial charge in [0.1, 0.15) is 12.4 Å². The Balaban J connectivity index is 1.62. The molecule has 152 valence electrons. The summed E-state index contributed by atoms with van der Waals surface area (Å²) in [4.78, 5) is 7.30. The van der Waals surface area contributed by atoms with Gasteiger partial charge in [-0.25, -0.2) is 4.99 Å². The second-order valence-corrected chi connectivity index (χ2v) is 7.49. The highest BCUT2D eigenvalue weighted by molar-refractivity contribution is 5.80. The van der Waals surface area contributed by atoms with E-state index in [0.29, 0.717) is 6.54 Å². The Kier molecular flexibility index (Phi) is 7.42. The zero-order chi connectivity index (χ0) is 19.8. The summed E-state index contributed by atoms with van der Waals surface area (Å²) in [7, 11) is 1.98. The molecule has 2 heterocycles. The molecule has 0 spiro atoms. The summed E-state index contributed by atoms with van der Waals surface area (Å²) in [5.41, 5.74) is 1.24. The number of benzene rings is 1. The number of nitrogens with one attached hydrogen (secondary N) is 2. The maximum Gasteiger partial charge on any atom is 0.192 e. The fourth-order valence-electron chi connectivity index (χ4n) is 3.44. The van der Waals surface area contributed by atoms with Crippen LogP contribution in [-0.2, 0) is 13.6 Å². The van der Waals surface area contributed by atoms with Crippen molar-refractivity contribution >= 4 is 5.96 Å². The highest BCUT2D eigenvalue weighted by Gasteiger charge is 2.12. The minimum atomic E-state index is 0.170. The molecule has 1 unspecified atom stereocenters. The monoisotopic (exact) mass is 383 g/mol. The molecule has 0 radical (unpaired) electrons. The molecule has 1 aliphatic rings. The number of hydrogen-bond donors (Lipinski definition) is 2. The van der Waals surface area contributed by atoms with E-state index in [1.807, 2.05) is 24.6 Å². The van der Waals surface area contributed by atoms with Crippen molar-refractivity contribution in [2.45, 2.75) is 45.7 Å². The molecule has 7 heteroatoms. The van der Waals surface area contributed by atoms with Crippen molar-refractivity contribution < 1.29 is 0 Å². The molecule has 2 aromatic rings. The lowest BCUT2D eigenvalue weighted by Crippen LogP contribution is -2.43. The lowest BCUT2D eigenvalue weighted by Gasteiger charge is -2.27. The quantitative estimate of drug-likeness (QED) is 0.568. The molecule has 1 aromatic carbocycles. The number of aliphatic imine (C=N–C) groups is 1. The van der Waals surface area contributed by atoms with Crippen LogP contribution in [0, 0.1) is 6.92 Å². The summed E-state index contributed by atoms with van der Waals surface area (Å²) >= 11 is 0. The first-order chi connectivity index (χ1) is 13.6. The third-order valence-corrected chi connectivity index (χ3v) is 5.38. The van der Waals surface area contributed by atoms with Gasteiger partial charge >= 0.3 is 0 Å². The third kappa shape index (κ3) is 5.79. The lowest BCUT2D eigenvalue weighted by molar-refractivity contribution is 0.232. The van der Waals surface area contributed by atoms with Crippen LogP contribution >= 0.6 is 0 Å². The molecule has 28 heavy (non-hydrogen) atoms. The van der Waals surface area contributed by atoms with Crippen molar-refractivity contribution in [2.75, 3.05) is 26.2 Å². The van der Waals surface area contributed by atoms with Crippen molar-refractivity contribution in [3.8, 4) is 0 Å². The van der Waals surface area contributed by atoms with Gasteiger partial charge in [-0.1, -0.05) is 36.8 Å². The van der Waals surface area contributed by atoms with Crippen molar-refractivity contribution in [3.63, 3.8) is 0 Å². The van der Waals surface area contributed by atoms with Crippen LogP contribution in [-0.4, -0.2) is 51.8 Å². The van der Waals surface area contributed by atoms with Gasteiger partial charge in [0.25, 0.3) is 0 Å². The summed E-state index contributed by atoms with van der Waals surface area (Å²) < 4.78 is 1.98. The van der Waals surface area contributed by atoms with E-state index >= 15 is 0 Å². The third-order valence-electron chi connectivity index (χ3n) is 5.38. The van der Waals surface area contributed by atoms with Crippen LogP contribution in [0.2, 0.25) is 0 Å². The van der Waals surface area contributed by atoms with Gasteiger partial charge in [-0.3, -0.25) is 0 Å². The molecule has 1 aliphatic heterocycles. The van der Waals surface area contributed by atoms with E-state index in [0.717, 1.165) is 30.7 Å². The standard InChI is InChI=1S/C21H33N7/c1-17(19-10-6-4-7-11-19)24-21(22-12-15-28-13-8-5-9-14-28)23-16-20-26-25-18(2)27(20)3/h4,6-7,10-11,17H,5,8-9,12-16H2,1-3H3,(H2,22,23,24). The van der Waals surface area contributed by atoms with Gasteiger partial charge in [0.05, 0.1) is 6.04 Å². The lowest BCUT2D eigenvalue weighted by atomic mass is 10.1. The number of guanidine groups is 1. The Bertz CT molecular complexity index is 747. The Morgan fingerprint density at radius 1 is 1.14 bits per heavy atom. The molecule has 0 aliphatic carbocycles. The largest absolute Gasteiger partial charge is 0.355 e. The van der Waals surface area contributed by atoms with Crippen LogP contribution in [0.15, 0.2) is 35.3 Å². The molecule has 0 amide bonds. The molecule has 1 fully saturated rings. The van der Waals surface area contributed by atoms with Gasteiger partial charge in [-0.15, -0.1) is 10.2 Å². The molecule has 1 saturated heterocycles. The van der Waals surface area contributed by atoms with Crippen molar-refractivity contribution in [2.24, 2.45) is 12.0 Å². The minimum absolute atomic E-state index is 0.170. The van der Waals surface area contributed by atoms with E-state index in [-0.39, 0.29) is 6.04 Å². The number of piperidine rings is 1. The van der Waals surface area contributed by atoms with Crippen LogP contribution in [0.1, 0.15) is 49.4 Å². The van der Waals surface area contributed by atoms with E-state index in [1.165, 1.54) is 37.9 Å². The number of likely N-dealkylation sites (tertiary alicyclic amines) is 1. The van der Waals surface area contributed by atoms with Gasteiger partial charge in [0, 0.05) is 20.1 Å². The van der Waals surface area contributed by atoms with Gasteiger partial charge in [-0.05, 0) is 45.3 Å². The summed E-state index contributed by atoms with van der Waals surface area (Å²) in [5, 5.41) is 15.4. The summed E-state index contributed by atoms with van der Waals surface area (Å²) in [5.74, 6) is 2.58. The second kappa shape index (κ2) is 10.2. The first-order valence-electron chi connectivity index (χ1n) is 10.3. The smallest absolute Gasteiger partial charge is 0.192 e. The molecule has 1 aromatic heterocycles. The molecule has 1 atom stereocenters. The van der Waals surface area contributed by atoms with E-state index < -0.39 is 0 Å². The van der Waals surface area contributed by atoms with Crippen molar-refractivity contribution in [1.82, 2.24) is 30.3 Å². The van der Waals surface area contributed by atoms with E-state index in [4.69, 9.17) is 4.99 Å². The van der Waals surface area contributed by atoms with Crippen LogP contribution < -0.4 is 10.6 Å². The zero-order valence-electron chi connectivity index (χ0n) is 17.4. The number of nitrogens with zero attached hydrogens (tertiary/aromatic N) is 5. The average Bonchev–Trinajstić information content (AvgIpc) is 3.05. The average molecular weight is 384 g/mol. The first-order valence-corrected chi connectivity index (χ1v) is 10.3. The van der Waals surface area contributed by atoms with Gasteiger partial charge in [0.2, 0.25) is 0 Å². The van der Waals surface area contributed by atoms with Crippen molar-refractivity contribution in [1.29, 1.82) is 0 Å². The predicted molar refractivity (Wildman–Crippen MR) is 113 cm³/mol. The second-order valence-electron chi connectivity index (χ2n) is 7.49. The fourth-order valence-corrected chi connectivity index (χ4v) is 3.44. The Hall–Kier alpha value is -2.41. The SMILES string of the molecule is Cc1nnc(CN=C(NCCN2CCCCC2)NC(C)c2ccccc2)n1C. The molecular weight excluding hydrogens is 350 g/mol.